The third-order valence-corrected chi connectivity index (χ3v) is 3.53. The maximum atomic E-state index is 3.66. The van der Waals surface area contributed by atoms with Crippen LogP contribution in [0.1, 0.15) is 25.7 Å². The summed E-state index contributed by atoms with van der Waals surface area (Å²) in [5.41, 5.74) is 0. The van der Waals surface area contributed by atoms with Gasteiger partial charge >= 0.3 is 0 Å². The van der Waals surface area contributed by atoms with E-state index in [4.69, 9.17) is 0 Å². The van der Waals surface area contributed by atoms with Crippen LogP contribution >= 0.6 is 11.8 Å². The first-order valence-corrected chi connectivity index (χ1v) is 7.13. The Balaban J connectivity index is 1.95. The van der Waals surface area contributed by atoms with Crippen LogP contribution in [-0.4, -0.2) is 49.6 Å². The zero-order valence-corrected chi connectivity index (χ0v) is 10.4. The van der Waals surface area contributed by atoms with Crippen molar-refractivity contribution >= 4 is 11.8 Å². The van der Waals surface area contributed by atoms with Crippen molar-refractivity contribution in [2.24, 2.45) is 0 Å². The minimum atomic E-state index is 0.753. The van der Waals surface area contributed by atoms with Gasteiger partial charge in [0.15, 0.2) is 0 Å². The molecule has 0 amide bonds. The van der Waals surface area contributed by atoms with Crippen LogP contribution in [0.4, 0.5) is 0 Å². The number of thioether (sulfide) groups is 1. The predicted molar refractivity (Wildman–Crippen MR) is 66.1 cm³/mol. The number of likely N-dealkylation sites (tertiary alicyclic amines) is 1. The Bertz CT molecular complexity index is 141. The van der Waals surface area contributed by atoms with Gasteiger partial charge in [-0.3, -0.25) is 0 Å². The second-order valence-corrected chi connectivity index (χ2v) is 5.24. The molecule has 1 unspecified atom stereocenters. The highest BCUT2D eigenvalue weighted by Gasteiger charge is 2.15. The van der Waals surface area contributed by atoms with Gasteiger partial charge in [-0.1, -0.05) is 0 Å². The molecule has 2 nitrogen and oxygen atoms in total. The molecular weight excluding hydrogens is 192 g/mol. The summed E-state index contributed by atoms with van der Waals surface area (Å²) < 4.78 is 0. The van der Waals surface area contributed by atoms with E-state index < -0.39 is 0 Å². The predicted octanol–water partition coefficient (Wildman–Crippen LogP) is 1.81. The molecule has 3 heteroatoms. The molecule has 0 aromatic carbocycles. The zero-order valence-electron chi connectivity index (χ0n) is 9.59. The largest absolute Gasteiger partial charge is 0.313 e. The molecule has 1 saturated heterocycles. The molecule has 1 rings (SSSR count). The fourth-order valence-electron chi connectivity index (χ4n) is 2.01. The normalized spacial score (nSPS) is 24.0. The second-order valence-electron chi connectivity index (χ2n) is 4.26. The quantitative estimate of drug-likeness (QED) is 0.682. The minimum absolute atomic E-state index is 0.753. The van der Waals surface area contributed by atoms with E-state index >= 15 is 0 Å². The Morgan fingerprint density at radius 2 is 2.29 bits per heavy atom. The van der Waals surface area contributed by atoms with Gasteiger partial charge in [0, 0.05) is 12.6 Å². The molecule has 84 valence electrons. The molecular formula is C11H24N2S. The van der Waals surface area contributed by atoms with Crippen LogP contribution in [0.2, 0.25) is 0 Å². The van der Waals surface area contributed by atoms with E-state index in [-0.39, 0.29) is 0 Å². The van der Waals surface area contributed by atoms with Crippen LogP contribution in [-0.2, 0) is 0 Å². The first-order chi connectivity index (χ1) is 6.83. The lowest BCUT2D eigenvalue weighted by Crippen LogP contribution is -2.44. The van der Waals surface area contributed by atoms with Gasteiger partial charge in [0.25, 0.3) is 0 Å². The van der Waals surface area contributed by atoms with E-state index in [9.17, 15) is 0 Å². The number of nitrogens with one attached hydrogen (secondary N) is 1. The molecule has 14 heavy (non-hydrogen) atoms. The molecule has 0 aromatic rings. The molecule has 0 saturated carbocycles. The maximum absolute atomic E-state index is 3.66. The zero-order chi connectivity index (χ0) is 10.2. The lowest BCUT2D eigenvalue weighted by atomic mass is 10.1. The van der Waals surface area contributed by atoms with Crippen LogP contribution in [0.5, 0.6) is 0 Å². The van der Waals surface area contributed by atoms with Crippen molar-refractivity contribution in [1.29, 1.82) is 0 Å². The highest BCUT2D eigenvalue weighted by Crippen LogP contribution is 2.08. The van der Waals surface area contributed by atoms with Crippen molar-refractivity contribution in [2.75, 3.05) is 38.7 Å². The molecule has 0 aliphatic carbocycles. The highest BCUT2D eigenvalue weighted by molar-refractivity contribution is 7.98. The molecule has 1 heterocycles. The average molecular weight is 216 g/mol. The lowest BCUT2D eigenvalue weighted by Gasteiger charge is -2.30. The summed E-state index contributed by atoms with van der Waals surface area (Å²) in [6, 6.07) is 0.753. The number of rotatable bonds is 6. The molecule has 1 fully saturated rings. The molecule has 0 spiro atoms. The van der Waals surface area contributed by atoms with Gasteiger partial charge in [-0.2, -0.15) is 11.8 Å². The van der Waals surface area contributed by atoms with Crippen LogP contribution in [0.3, 0.4) is 0 Å². The number of likely N-dealkylation sites (N-methyl/N-ethyl adjacent to an activating group) is 1. The molecule has 0 radical (unpaired) electrons. The number of piperidine rings is 1. The van der Waals surface area contributed by atoms with Crippen LogP contribution in [0.15, 0.2) is 0 Å². The van der Waals surface area contributed by atoms with Crippen molar-refractivity contribution in [2.45, 2.75) is 31.7 Å². The average Bonchev–Trinajstić information content (AvgIpc) is 2.18. The summed E-state index contributed by atoms with van der Waals surface area (Å²) in [5, 5.41) is 3.66. The van der Waals surface area contributed by atoms with Crippen LogP contribution in [0.25, 0.3) is 0 Å². The van der Waals surface area contributed by atoms with E-state index in [1.165, 1.54) is 51.1 Å². The topological polar surface area (TPSA) is 15.3 Å². The molecule has 1 atom stereocenters. The summed E-state index contributed by atoms with van der Waals surface area (Å²) in [7, 11) is 2.22. The number of hydrogen-bond donors (Lipinski definition) is 1. The van der Waals surface area contributed by atoms with Crippen molar-refractivity contribution in [3.8, 4) is 0 Å². The van der Waals surface area contributed by atoms with Crippen molar-refractivity contribution < 1.29 is 0 Å². The summed E-state index contributed by atoms with van der Waals surface area (Å²) >= 11 is 1.95. The van der Waals surface area contributed by atoms with Gasteiger partial charge < -0.3 is 10.2 Å². The van der Waals surface area contributed by atoms with Gasteiger partial charge in [-0.15, -0.1) is 0 Å². The molecule has 0 aromatic heterocycles. The van der Waals surface area contributed by atoms with E-state index in [2.05, 4.69) is 23.5 Å². The first kappa shape index (κ1) is 12.3. The molecule has 1 aliphatic rings. The molecule has 0 bridgehead atoms. The maximum Gasteiger partial charge on any atom is 0.0195 e. The lowest BCUT2D eigenvalue weighted by molar-refractivity contribution is 0.227. The molecule has 1 aliphatic heterocycles. The fourth-order valence-corrected chi connectivity index (χ4v) is 2.50. The van der Waals surface area contributed by atoms with Gasteiger partial charge in [-0.05, 0) is 57.8 Å². The van der Waals surface area contributed by atoms with E-state index in [1.807, 2.05) is 11.8 Å². The smallest absolute Gasteiger partial charge is 0.0195 e. The number of unbranched alkanes of at least 4 members (excludes halogenated alkanes) is 1. The van der Waals surface area contributed by atoms with E-state index in [0.717, 1.165) is 6.04 Å². The van der Waals surface area contributed by atoms with Crippen molar-refractivity contribution in [3.63, 3.8) is 0 Å². The van der Waals surface area contributed by atoms with Gasteiger partial charge in [0.2, 0.25) is 0 Å². The minimum Gasteiger partial charge on any atom is -0.313 e. The summed E-state index contributed by atoms with van der Waals surface area (Å²) in [6.07, 6.45) is 7.60. The van der Waals surface area contributed by atoms with Crippen molar-refractivity contribution in [3.05, 3.63) is 0 Å². The number of nitrogens with zero attached hydrogens (tertiary/aromatic N) is 1. The third kappa shape index (κ3) is 5.23. The van der Waals surface area contributed by atoms with Crippen molar-refractivity contribution in [1.82, 2.24) is 10.2 Å². The standard InChI is InChI=1S/C11H24N2S/c1-13-8-5-6-11(10-13)12-7-3-4-9-14-2/h11-12H,3-10H2,1-2H3. The Morgan fingerprint density at radius 3 is 3.00 bits per heavy atom. The Morgan fingerprint density at radius 1 is 1.43 bits per heavy atom. The third-order valence-electron chi connectivity index (χ3n) is 2.83. The Labute approximate surface area is 92.8 Å². The van der Waals surface area contributed by atoms with Gasteiger partial charge in [-0.25, -0.2) is 0 Å². The summed E-state index contributed by atoms with van der Waals surface area (Å²) in [5.74, 6) is 1.31. The van der Waals surface area contributed by atoms with Gasteiger partial charge in [0.05, 0.1) is 0 Å². The van der Waals surface area contributed by atoms with E-state index in [0.29, 0.717) is 0 Å². The molecule has 1 N–H and O–H groups in total. The first-order valence-electron chi connectivity index (χ1n) is 5.74. The monoisotopic (exact) mass is 216 g/mol. The second kappa shape index (κ2) is 7.55. The Hall–Kier alpha value is 0.270. The van der Waals surface area contributed by atoms with E-state index in [1.54, 1.807) is 0 Å². The summed E-state index contributed by atoms with van der Waals surface area (Å²) in [6.45, 7) is 3.73. The summed E-state index contributed by atoms with van der Waals surface area (Å²) in [4.78, 5) is 2.43. The number of hydrogen-bond acceptors (Lipinski definition) is 3. The Kier molecular flexibility index (Phi) is 6.65. The fraction of sp³-hybridized carbons (Fsp3) is 1.00. The highest BCUT2D eigenvalue weighted by atomic mass is 32.2. The van der Waals surface area contributed by atoms with Crippen LogP contribution < -0.4 is 5.32 Å². The van der Waals surface area contributed by atoms with Gasteiger partial charge in [0.1, 0.15) is 0 Å². The SMILES string of the molecule is CSCCCCNC1CCCN(C)C1. The van der Waals surface area contributed by atoms with Crippen LogP contribution in [0, 0.1) is 0 Å².